The van der Waals surface area contributed by atoms with E-state index >= 15 is 0 Å². The van der Waals surface area contributed by atoms with Crippen LogP contribution in [0, 0.1) is 0 Å². The van der Waals surface area contributed by atoms with Gasteiger partial charge in [-0.15, -0.1) is 6.58 Å². The Balaban J connectivity index is 2.03. The second kappa shape index (κ2) is 10.9. The lowest BCUT2D eigenvalue weighted by molar-refractivity contribution is -0.164. The van der Waals surface area contributed by atoms with Gasteiger partial charge in [-0.3, -0.25) is 9.69 Å². The molecule has 1 heterocycles. The number of carbonyl (C=O) groups is 1. The molecule has 2 aromatic carbocycles. The number of nitrogens with zero attached hydrogens (tertiary/aromatic N) is 1. The van der Waals surface area contributed by atoms with Crippen LogP contribution in [0.1, 0.15) is 65.1 Å². The molecular formula is C29H39NO4. The Kier molecular flexibility index (Phi) is 8.34. The summed E-state index contributed by atoms with van der Waals surface area (Å²) in [6.45, 7) is 16.3. The Morgan fingerprint density at radius 3 is 2.24 bits per heavy atom. The fourth-order valence-corrected chi connectivity index (χ4v) is 4.53. The molecular weight excluding hydrogens is 426 g/mol. The van der Waals surface area contributed by atoms with Crippen LogP contribution in [0.5, 0.6) is 0 Å². The van der Waals surface area contributed by atoms with Gasteiger partial charge in [-0.2, -0.15) is 0 Å². The van der Waals surface area contributed by atoms with Gasteiger partial charge in [0, 0.05) is 12.6 Å². The van der Waals surface area contributed by atoms with Crippen molar-refractivity contribution in [3.63, 3.8) is 0 Å². The summed E-state index contributed by atoms with van der Waals surface area (Å²) in [7, 11) is 0. The molecule has 0 unspecified atom stereocenters. The van der Waals surface area contributed by atoms with E-state index in [-0.39, 0.29) is 36.7 Å². The minimum Gasteiger partial charge on any atom is -0.460 e. The number of hydrogen-bond donors (Lipinski definition) is 0. The van der Waals surface area contributed by atoms with E-state index in [0.717, 1.165) is 5.56 Å². The first-order valence-corrected chi connectivity index (χ1v) is 12.0. The van der Waals surface area contributed by atoms with Crippen molar-refractivity contribution in [2.45, 2.75) is 90.2 Å². The van der Waals surface area contributed by atoms with Gasteiger partial charge >= 0.3 is 5.97 Å². The standard InChI is InChI=1S/C29H39NO4/c1-8-25-27(34-29(6,7)32-25)24(19-26(31)33-28(3,4)5)30(20-22-15-11-9-12-16-22)21(2)23-17-13-10-14-18-23/h8-18,21,24-25,27H,1,19-20H2,2-7H3/t21-,24-,25-,27+/m1/s1. The molecule has 0 amide bonds. The number of benzene rings is 2. The summed E-state index contributed by atoms with van der Waals surface area (Å²) in [5, 5.41) is 0. The van der Waals surface area contributed by atoms with Crippen LogP contribution in [0.3, 0.4) is 0 Å². The predicted molar refractivity (Wildman–Crippen MR) is 135 cm³/mol. The first-order chi connectivity index (χ1) is 16.0. The SMILES string of the molecule is C=C[C@H]1OC(C)(C)O[C@H]1[C@@H](CC(=O)OC(C)(C)C)N(Cc1ccccc1)[C@H](C)c1ccccc1. The Labute approximate surface area is 204 Å². The van der Waals surface area contributed by atoms with Crippen LogP contribution < -0.4 is 0 Å². The van der Waals surface area contributed by atoms with E-state index < -0.39 is 11.4 Å². The van der Waals surface area contributed by atoms with Gasteiger partial charge in [0.2, 0.25) is 0 Å². The third-order valence-corrected chi connectivity index (χ3v) is 5.98. The maximum absolute atomic E-state index is 13.1. The highest BCUT2D eigenvalue weighted by atomic mass is 16.8. The molecule has 0 aliphatic carbocycles. The van der Waals surface area contributed by atoms with Crippen molar-refractivity contribution >= 4 is 5.97 Å². The molecule has 1 saturated heterocycles. The van der Waals surface area contributed by atoms with Crippen LogP contribution >= 0.6 is 0 Å². The molecule has 0 N–H and O–H groups in total. The van der Waals surface area contributed by atoms with Gasteiger partial charge in [0.15, 0.2) is 5.79 Å². The first kappa shape index (κ1) is 26.1. The van der Waals surface area contributed by atoms with E-state index in [1.807, 2.05) is 71.0 Å². The molecule has 2 aromatic rings. The lowest BCUT2D eigenvalue weighted by atomic mass is 9.95. The van der Waals surface area contributed by atoms with E-state index in [4.69, 9.17) is 14.2 Å². The van der Waals surface area contributed by atoms with E-state index in [1.54, 1.807) is 6.08 Å². The molecule has 34 heavy (non-hydrogen) atoms. The number of carbonyl (C=O) groups excluding carboxylic acids is 1. The van der Waals surface area contributed by atoms with Crippen molar-refractivity contribution in [1.29, 1.82) is 0 Å². The van der Waals surface area contributed by atoms with Crippen LogP contribution in [0.2, 0.25) is 0 Å². The quantitative estimate of drug-likeness (QED) is 0.333. The number of esters is 1. The molecule has 0 bridgehead atoms. The Morgan fingerprint density at radius 1 is 1.09 bits per heavy atom. The van der Waals surface area contributed by atoms with Crippen molar-refractivity contribution in [2.75, 3.05) is 0 Å². The fourth-order valence-electron chi connectivity index (χ4n) is 4.53. The van der Waals surface area contributed by atoms with Gasteiger partial charge in [0.25, 0.3) is 0 Å². The number of rotatable bonds is 9. The summed E-state index contributed by atoms with van der Waals surface area (Å²) in [5.41, 5.74) is 1.76. The summed E-state index contributed by atoms with van der Waals surface area (Å²) >= 11 is 0. The highest BCUT2D eigenvalue weighted by molar-refractivity contribution is 5.70. The van der Waals surface area contributed by atoms with Gasteiger partial charge < -0.3 is 14.2 Å². The third-order valence-electron chi connectivity index (χ3n) is 5.98. The van der Waals surface area contributed by atoms with Crippen molar-refractivity contribution in [1.82, 2.24) is 4.90 Å². The van der Waals surface area contributed by atoms with E-state index in [0.29, 0.717) is 6.54 Å². The van der Waals surface area contributed by atoms with Gasteiger partial charge in [0.1, 0.15) is 17.8 Å². The molecule has 0 radical (unpaired) electrons. The van der Waals surface area contributed by atoms with Crippen LogP contribution in [-0.2, 0) is 25.5 Å². The summed E-state index contributed by atoms with van der Waals surface area (Å²) in [6, 6.07) is 20.4. The Hall–Kier alpha value is -2.47. The summed E-state index contributed by atoms with van der Waals surface area (Å²) in [4.78, 5) is 15.5. The summed E-state index contributed by atoms with van der Waals surface area (Å²) in [5.74, 6) is -1.03. The van der Waals surface area contributed by atoms with Crippen LogP contribution in [0.15, 0.2) is 73.3 Å². The minimum absolute atomic E-state index is 0.0200. The zero-order valence-corrected chi connectivity index (χ0v) is 21.4. The van der Waals surface area contributed by atoms with Gasteiger partial charge in [0.05, 0.1) is 12.5 Å². The smallest absolute Gasteiger partial charge is 0.308 e. The lowest BCUT2D eigenvalue weighted by Gasteiger charge is -2.40. The molecule has 3 rings (SSSR count). The van der Waals surface area contributed by atoms with Crippen molar-refractivity contribution < 1.29 is 19.0 Å². The number of ether oxygens (including phenoxy) is 3. The molecule has 184 valence electrons. The minimum atomic E-state index is -0.774. The zero-order chi connectivity index (χ0) is 24.9. The number of hydrogen-bond acceptors (Lipinski definition) is 5. The van der Waals surface area contributed by atoms with Gasteiger partial charge in [-0.25, -0.2) is 0 Å². The maximum atomic E-state index is 13.1. The molecule has 1 fully saturated rings. The molecule has 1 aliphatic heterocycles. The molecule has 5 heteroatoms. The van der Waals surface area contributed by atoms with E-state index in [1.165, 1.54) is 5.56 Å². The van der Waals surface area contributed by atoms with E-state index in [9.17, 15) is 4.79 Å². The van der Waals surface area contributed by atoms with Crippen molar-refractivity contribution in [2.24, 2.45) is 0 Å². The Morgan fingerprint density at radius 2 is 1.68 bits per heavy atom. The van der Waals surface area contributed by atoms with Crippen molar-refractivity contribution in [3.8, 4) is 0 Å². The van der Waals surface area contributed by atoms with Gasteiger partial charge in [-0.1, -0.05) is 66.7 Å². The maximum Gasteiger partial charge on any atom is 0.308 e. The van der Waals surface area contributed by atoms with E-state index in [2.05, 4.69) is 42.7 Å². The topological polar surface area (TPSA) is 48.0 Å². The fraction of sp³-hybridized carbons (Fsp3) is 0.483. The average Bonchev–Trinajstić information content (AvgIpc) is 3.10. The summed E-state index contributed by atoms with van der Waals surface area (Å²) < 4.78 is 18.3. The normalized spacial score (nSPS) is 21.7. The predicted octanol–water partition coefficient (Wildman–Crippen LogP) is 6.06. The average molecular weight is 466 g/mol. The molecule has 1 aliphatic rings. The highest BCUT2D eigenvalue weighted by Crippen LogP contribution is 2.37. The molecule has 0 aromatic heterocycles. The van der Waals surface area contributed by atoms with Crippen LogP contribution in [-0.4, -0.2) is 40.5 Å². The molecule has 0 spiro atoms. The van der Waals surface area contributed by atoms with Gasteiger partial charge in [-0.05, 0) is 52.7 Å². The largest absolute Gasteiger partial charge is 0.460 e. The Bertz CT molecular complexity index is 936. The zero-order valence-electron chi connectivity index (χ0n) is 21.4. The lowest BCUT2D eigenvalue weighted by Crippen LogP contribution is -2.49. The molecule has 5 nitrogen and oxygen atoms in total. The third kappa shape index (κ3) is 7.02. The monoisotopic (exact) mass is 465 g/mol. The molecule has 0 saturated carbocycles. The second-order valence-corrected chi connectivity index (χ2v) is 10.4. The van der Waals surface area contributed by atoms with Crippen molar-refractivity contribution in [3.05, 3.63) is 84.4 Å². The highest BCUT2D eigenvalue weighted by Gasteiger charge is 2.47. The summed E-state index contributed by atoms with van der Waals surface area (Å²) in [6.07, 6.45) is 1.23. The first-order valence-electron chi connectivity index (χ1n) is 12.0. The molecule has 4 atom stereocenters. The van der Waals surface area contributed by atoms with Crippen LogP contribution in [0.25, 0.3) is 0 Å². The van der Waals surface area contributed by atoms with Crippen LogP contribution in [0.4, 0.5) is 0 Å². The second-order valence-electron chi connectivity index (χ2n) is 10.4.